The van der Waals surface area contributed by atoms with E-state index in [1.165, 1.54) is 24.4 Å². The van der Waals surface area contributed by atoms with Crippen LogP contribution in [0.5, 0.6) is 0 Å². The summed E-state index contributed by atoms with van der Waals surface area (Å²) in [5.41, 5.74) is 3.13. The summed E-state index contributed by atoms with van der Waals surface area (Å²) >= 11 is 1.46. The molecule has 0 radical (unpaired) electrons. The summed E-state index contributed by atoms with van der Waals surface area (Å²) in [7, 11) is 1.33. The minimum absolute atomic E-state index is 0.194. The van der Waals surface area contributed by atoms with Crippen molar-refractivity contribution in [2.24, 2.45) is 0 Å². The number of rotatable bonds is 7. The lowest BCUT2D eigenvalue weighted by Gasteiger charge is -2.19. The second kappa shape index (κ2) is 8.97. The molecule has 0 fully saturated rings. The zero-order valence-electron chi connectivity index (χ0n) is 16.2. The number of aromatic amines is 1. The second-order valence-electron chi connectivity index (χ2n) is 6.72. The van der Waals surface area contributed by atoms with Gasteiger partial charge in [-0.3, -0.25) is 4.79 Å². The fourth-order valence-corrected chi connectivity index (χ4v) is 3.90. The van der Waals surface area contributed by atoms with Gasteiger partial charge in [-0.2, -0.15) is 0 Å². The molecule has 0 saturated carbocycles. The molecular formula is C22H24N2O3S. The molecule has 2 aromatic carbocycles. The Hall–Kier alpha value is -2.73. The minimum atomic E-state index is -0.738. The lowest BCUT2D eigenvalue weighted by Crippen LogP contribution is -2.45. The third-order valence-electron chi connectivity index (χ3n) is 4.60. The second-order valence-corrected chi connectivity index (χ2v) is 8.14. The van der Waals surface area contributed by atoms with Crippen molar-refractivity contribution >= 4 is 34.5 Å². The van der Waals surface area contributed by atoms with Crippen LogP contribution in [0.3, 0.4) is 0 Å². The van der Waals surface area contributed by atoms with Crippen molar-refractivity contribution in [3.63, 3.8) is 0 Å². The molecule has 3 aromatic rings. The number of nitrogens with one attached hydrogen (secondary N) is 2. The zero-order valence-corrected chi connectivity index (χ0v) is 17.0. The summed E-state index contributed by atoms with van der Waals surface area (Å²) in [6.45, 7) is 3.86. The van der Waals surface area contributed by atoms with Crippen molar-refractivity contribution in [1.29, 1.82) is 0 Å². The zero-order chi connectivity index (χ0) is 20.1. The first-order valence-corrected chi connectivity index (χ1v) is 10.0. The number of carbonyl (C=O) groups is 2. The van der Waals surface area contributed by atoms with Crippen LogP contribution in [-0.2, 0) is 20.7 Å². The first-order valence-electron chi connectivity index (χ1n) is 9.14. The van der Waals surface area contributed by atoms with Crippen LogP contribution in [0.2, 0.25) is 0 Å². The SMILES string of the molecule is COC(=O)[C@H](Cc1c[nH]c2ccccc12)NC(=O)[C@@H](C)Sc1ccc(C)cc1. The van der Waals surface area contributed by atoms with Crippen LogP contribution in [0.1, 0.15) is 18.1 Å². The Morgan fingerprint density at radius 1 is 1.14 bits per heavy atom. The van der Waals surface area contributed by atoms with Gasteiger partial charge in [-0.1, -0.05) is 35.9 Å². The summed E-state index contributed by atoms with van der Waals surface area (Å²) < 4.78 is 4.91. The lowest BCUT2D eigenvalue weighted by atomic mass is 10.0. The smallest absolute Gasteiger partial charge is 0.328 e. The molecule has 0 aliphatic carbocycles. The van der Waals surface area contributed by atoms with Crippen molar-refractivity contribution < 1.29 is 14.3 Å². The van der Waals surface area contributed by atoms with Crippen molar-refractivity contribution in [3.8, 4) is 0 Å². The maximum absolute atomic E-state index is 12.7. The van der Waals surface area contributed by atoms with E-state index >= 15 is 0 Å². The number of fused-ring (bicyclic) bond motifs is 1. The highest BCUT2D eigenvalue weighted by Gasteiger charge is 2.26. The van der Waals surface area contributed by atoms with E-state index in [0.717, 1.165) is 21.4 Å². The largest absolute Gasteiger partial charge is 0.467 e. The fraction of sp³-hybridized carbons (Fsp3) is 0.273. The Kier molecular flexibility index (Phi) is 6.41. The maximum Gasteiger partial charge on any atom is 0.328 e. The van der Waals surface area contributed by atoms with Crippen LogP contribution >= 0.6 is 11.8 Å². The molecule has 146 valence electrons. The number of aryl methyl sites for hydroxylation is 1. The molecule has 0 spiro atoms. The van der Waals surface area contributed by atoms with E-state index in [1.807, 2.05) is 68.6 Å². The van der Waals surface area contributed by atoms with Gasteiger partial charge in [0.1, 0.15) is 6.04 Å². The molecule has 1 heterocycles. The van der Waals surface area contributed by atoms with Gasteiger partial charge in [-0.25, -0.2) is 4.79 Å². The van der Waals surface area contributed by atoms with E-state index in [9.17, 15) is 9.59 Å². The molecular weight excluding hydrogens is 372 g/mol. The lowest BCUT2D eigenvalue weighted by molar-refractivity contribution is -0.144. The molecule has 2 atom stereocenters. The van der Waals surface area contributed by atoms with Crippen LogP contribution in [0, 0.1) is 6.92 Å². The van der Waals surface area contributed by atoms with Gasteiger partial charge < -0.3 is 15.0 Å². The monoisotopic (exact) mass is 396 g/mol. The Balaban J connectivity index is 1.70. The van der Waals surface area contributed by atoms with E-state index in [0.29, 0.717) is 6.42 Å². The number of amides is 1. The predicted octanol–water partition coefficient (Wildman–Crippen LogP) is 3.86. The summed E-state index contributed by atoms with van der Waals surface area (Å²) in [5.74, 6) is -0.646. The Morgan fingerprint density at radius 3 is 2.57 bits per heavy atom. The standard InChI is InChI=1S/C22H24N2O3S/c1-14-8-10-17(11-9-14)28-15(2)21(25)24-20(22(26)27-3)12-16-13-23-19-7-5-4-6-18(16)19/h4-11,13,15,20,23H,12H2,1-3H3,(H,24,25)/t15-,20+/m1/s1. The summed E-state index contributed by atoms with van der Waals surface area (Å²) in [6.07, 6.45) is 2.24. The van der Waals surface area contributed by atoms with Crippen molar-refractivity contribution in [2.45, 2.75) is 36.5 Å². The molecule has 0 aliphatic heterocycles. The maximum atomic E-state index is 12.7. The number of H-pyrrole nitrogens is 1. The number of thioether (sulfide) groups is 1. The van der Waals surface area contributed by atoms with Crippen LogP contribution in [0.25, 0.3) is 10.9 Å². The molecule has 0 unspecified atom stereocenters. The van der Waals surface area contributed by atoms with Gasteiger partial charge in [0.05, 0.1) is 12.4 Å². The number of esters is 1. The summed E-state index contributed by atoms with van der Waals surface area (Å²) in [5, 5.41) is 3.55. The Bertz CT molecular complexity index is 965. The van der Waals surface area contributed by atoms with Crippen LogP contribution in [-0.4, -0.2) is 35.3 Å². The van der Waals surface area contributed by atoms with E-state index in [4.69, 9.17) is 4.74 Å². The number of hydrogen-bond acceptors (Lipinski definition) is 4. The molecule has 1 amide bonds. The molecule has 0 aliphatic rings. The molecule has 5 nitrogen and oxygen atoms in total. The number of ether oxygens (including phenoxy) is 1. The first kappa shape index (κ1) is 20.0. The number of benzene rings is 2. The average Bonchev–Trinajstić information content (AvgIpc) is 3.11. The molecule has 0 saturated heterocycles. The number of methoxy groups -OCH3 is 1. The molecule has 3 rings (SSSR count). The molecule has 28 heavy (non-hydrogen) atoms. The third-order valence-corrected chi connectivity index (χ3v) is 5.72. The van der Waals surface area contributed by atoms with Gasteiger partial charge in [-0.15, -0.1) is 11.8 Å². The van der Waals surface area contributed by atoms with E-state index in [-0.39, 0.29) is 11.2 Å². The number of carbonyl (C=O) groups excluding carboxylic acids is 2. The van der Waals surface area contributed by atoms with Gasteiger partial charge in [0.25, 0.3) is 0 Å². The number of aromatic nitrogens is 1. The van der Waals surface area contributed by atoms with Gasteiger partial charge in [0.2, 0.25) is 5.91 Å². The summed E-state index contributed by atoms with van der Waals surface area (Å²) in [4.78, 5) is 29.2. The van der Waals surface area contributed by atoms with Crippen molar-refractivity contribution in [1.82, 2.24) is 10.3 Å². The van der Waals surface area contributed by atoms with Gasteiger partial charge in [0, 0.05) is 28.4 Å². The van der Waals surface area contributed by atoms with E-state index in [2.05, 4.69) is 10.3 Å². The molecule has 2 N–H and O–H groups in total. The quantitative estimate of drug-likeness (QED) is 0.470. The third kappa shape index (κ3) is 4.75. The van der Waals surface area contributed by atoms with Gasteiger partial charge in [-0.05, 0) is 37.6 Å². The predicted molar refractivity (Wildman–Crippen MR) is 112 cm³/mol. The number of hydrogen-bond donors (Lipinski definition) is 2. The number of para-hydroxylation sites is 1. The minimum Gasteiger partial charge on any atom is -0.467 e. The normalized spacial score (nSPS) is 13.1. The summed E-state index contributed by atoms with van der Waals surface area (Å²) in [6, 6.07) is 15.2. The van der Waals surface area contributed by atoms with Crippen LogP contribution < -0.4 is 5.32 Å². The highest BCUT2D eigenvalue weighted by molar-refractivity contribution is 8.00. The molecule has 1 aromatic heterocycles. The Morgan fingerprint density at radius 2 is 1.86 bits per heavy atom. The van der Waals surface area contributed by atoms with E-state index < -0.39 is 12.0 Å². The van der Waals surface area contributed by atoms with Crippen LogP contribution in [0.4, 0.5) is 0 Å². The van der Waals surface area contributed by atoms with E-state index in [1.54, 1.807) is 0 Å². The fourth-order valence-electron chi connectivity index (χ4n) is 3.02. The molecule has 0 bridgehead atoms. The first-order chi connectivity index (χ1) is 13.5. The Labute approximate surface area is 168 Å². The van der Waals surface area contributed by atoms with Crippen molar-refractivity contribution in [3.05, 3.63) is 65.9 Å². The highest BCUT2D eigenvalue weighted by atomic mass is 32.2. The average molecular weight is 397 g/mol. The van der Waals surface area contributed by atoms with Gasteiger partial charge >= 0.3 is 5.97 Å². The topological polar surface area (TPSA) is 71.2 Å². The van der Waals surface area contributed by atoms with Gasteiger partial charge in [0.15, 0.2) is 0 Å². The van der Waals surface area contributed by atoms with Crippen LogP contribution in [0.15, 0.2) is 59.6 Å². The van der Waals surface area contributed by atoms with Crippen molar-refractivity contribution in [2.75, 3.05) is 7.11 Å². The highest BCUT2D eigenvalue weighted by Crippen LogP contribution is 2.24. The molecule has 6 heteroatoms.